The Morgan fingerprint density at radius 1 is 0.678 bits per heavy atom. The summed E-state index contributed by atoms with van der Waals surface area (Å²) in [7, 11) is 0. The summed E-state index contributed by atoms with van der Waals surface area (Å²) in [5.74, 6) is -9.38. The Labute approximate surface area is 347 Å². The van der Waals surface area contributed by atoms with Crippen molar-refractivity contribution >= 4 is 71.4 Å². The van der Waals surface area contributed by atoms with E-state index in [4.69, 9.17) is 5.11 Å². The van der Waals surface area contributed by atoms with Crippen molar-refractivity contribution in [1.29, 1.82) is 0 Å². The number of amides is 6. The molecular weight excluding hydrogens is 793 g/mol. The fraction of sp³-hybridized carbons (Fsp3) is 0.590. The number of aryl methyl sites for hydroxylation is 1. The van der Waals surface area contributed by atoms with Crippen LogP contribution in [0.25, 0.3) is 0 Å². The van der Waals surface area contributed by atoms with Crippen LogP contribution in [0.4, 0.5) is 0 Å². The van der Waals surface area contributed by atoms with Gasteiger partial charge in [-0.25, -0.2) is 0 Å². The molecule has 1 rings (SSSR count). The van der Waals surface area contributed by atoms with Crippen LogP contribution in [0, 0.1) is 18.3 Å². The molecule has 0 aliphatic carbocycles. The maximum atomic E-state index is 14.2. The van der Waals surface area contributed by atoms with E-state index in [-0.39, 0.29) is 18.8 Å². The topological polar surface area (TPSA) is 304 Å². The summed E-state index contributed by atoms with van der Waals surface area (Å²) in [6.07, 6.45) is -0.965. The monoisotopic (exact) mass is 850 g/mol. The number of rotatable bonds is 26. The highest BCUT2D eigenvalue weighted by atomic mass is 32.2. The van der Waals surface area contributed by atoms with Crippen LogP contribution >= 0.6 is 11.8 Å². The highest BCUT2D eigenvalue weighted by Crippen LogP contribution is 2.21. The minimum atomic E-state index is -1.79. The second kappa shape index (κ2) is 25.1. The first-order valence-corrected chi connectivity index (χ1v) is 20.3. The summed E-state index contributed by atoms with van der Waals surface area (Å²) in [5.41, 5.74) is 0.352. The Bertz CT molecular complexity index is 1680. The zero-order valence-corrected chi connectivity index (χ0v) is 35.2. The zero-order valence-electron chi connectivity index (χ0n) is 34.4. The van der Waals surface area contributed by atoms with Gasteiger partial charge in [-0.3, -0.25) is 43.2 Å². The quantitative estimate of drug-likeness (QED) is 0.0567. The van der Waals surface area contributed by atoms with E-state index in [9.17, 15) is 58.2 Å². The van der Waals surface area contributed by atoms with Crippen LogP contribution in [0.3, 0.4) is 0 Å². The molecule has 59 heavy (non-hydrogen) atoms. The number of carboxylic acid groups (broad SMARTS) is 3. The minimum absolute atomic E-state index is 0.0696. The third-order valence-corrected chi connectivity index (χ3v) is 9.48. The Hall–Kier alpha value is -5.53. The van der Waals surface area contributed by atoms with Gasteiger partial charge in [-0.2, -0.15) is 11.8 Å². The van der Waals surface area contributed by atoms with E-state index < -0.39 is 127 Å². The molecule has 0 bridgehead atoms. The lowest BCUT2D eigenvalue weighted by Crippen LogP contribution is -2.62. The highest BCUT2D eigenvalue weighted by Gasteiger charge is 2.38. The Kier molecular flexibility index (Phi) is 21.9. The Morgan fingerprint density at radius 2 is 1.22 bits per heavy atom. The molecule has 0 aliphatic heterocycles. The van der Waals surface area contributed by atoms with Crippen LogP contribution in [0.2, 0.25) is 0 Å². The van der Waals surface area contributed by atoms with Gasteiger partial charge >= 0.3 is 17.9 Å². The van der Waals surface area contributed by atoms with E-state index in [0.29, 0.717) is 17.6 Å². The molecule has 6 amide bonds. The number of hydrogen-bond donors (Lipinski definition) is 9. The number of nitrogens with one attached hydrogen (secondary N) is 6. The standard InChI is InChI=1S/C39H58N6O13S/c1-21(2)16-26(35(55)40-24(19-46)20-59-7)44-38(58)33(39(4,5)6)45-37(57)27(17-23-11-9-8-10-22(23)3)43-34(54)25(12-14-30(48)49)42-36(56)28(18-32(52)53)41-29(47)13-15-31(50)51/h8-11,19,21,24-28,33H,12-18,20H2,1-7H3,(H,40,55)(H,41,47)(H,42,56)(H,43,54)(H,44,58)(H,45,57)(H,48,49)(H,50,51)(H,52,53)/t24-,25+,26+,27+,28+,33-/m1/s1. The molecule has 328 valence electrons. The van der Waals surface area contributed by atoms with Gasteiger partial charge < -0.3 is 52.0 Å². The molecule has 9 N–H and O–H groups in total. The van der Waals surface area contributed by atoms with Gasteiger partial charge in [0.15, 0.2) is 0 Å². The summed E-state index contributed by atoms with van der Waals surface area (Å²) in [6, 6.07) is -1.21. The first-order chi connectivity index (χ1) is 27.5. The number of carboxylic acids is 3. The van der Waals surface area contributed by atoms with Crippen LogP contribution in [0.1, 0.15) is 84.3 Å². The first-order valence-electron chi connectivity index (χ1n) is 18.9. The molecule has 0 aromatic heterocycles. The van der Waals surface area contributed by atoms with E-state index in [2.05, 4.69) is 31.9 Å². The maximum absolute atomic E-state index is 14.2. The predicted octanol–water partition coefficient (Wildman–Crippen LogP) is 0.305. The van der Waals surface area contributed by atoms with Gasteiger partial charge in [-0.05, 0) is 48.5 Å². The Balaban J connectivity index is 3.54. The van der Waals surface area contributed by atoms with E-state index in [1.165, 1.54) is 11.8 Å². The predicted molar refractivity (Wildman–Crippen MR) is 216 cm³/mol. The summed E-state index contributed by atoms with van der Waals surface area (Å²) >= 11 is 1.34. The fourth-order valence-electron chi connectivity index (χ4n) is 5.67. The molecular formula is C39H58N6O13S. The van der Waals surface area contributed by atoms with E-state index in [0.717, 1.165) is 5.56 Å². The third kappa shape index (κ3) is 19.7. The molecule has 0 radical (unpaired) electrons. The molecule has 0 saturated heterocycles. The van der Waals surface area contributed by atoms with Gasteiger partial charge in [0.1, 0.15) is 36.5 Å². The van der Waals surface area contributed by atoms with Gasteiger partial charge in [-0.15, -0.1) is 0 Å². The van der Waals surface area contributed by atoms with Gasteiger partial charge in [0.25, 0.3) is 0 Å². The number of aliphatic carboxylic acids is 3. The van der Waals surface area contributed by atoms with Crippen LogP contribution in [-0.2, 0) is 54.4 Å². The van der Waals surface area contributed by atoms with Crippen LogP contribution in [0.5, 0.6) is 0 Å². The largest absolute Gasteiger partial charge is 0.481 e. The lowest BCUT2D eigenvalue weighted by atomic mass is 9.85. The molecule has 1 aromatic rings. The van der Waals surface area contributed by atoms with Crippen LogP contribution in [-0.4, -0.2) is 123 Å². The number of carbonyl (C=O) groups excluding carboxylic acids is 7. The Morgan fingerprint density at radius 3 is 1.75 bits per heavy atom. The third-order valence-electron chi connectivity index (χ3n) is 8.79. The number of thioether (sulfide) groups is 1. The summed E-state index contributed by atoms with van der Waals surface area (Å²) in [4.78, 5) is 127. The number of benzene rings is 1. The molecule has 1 aromatic carbocycles. The SMILES string of the molecule is CSC[C@@H](C=O)NC(=O)[C@H](CC(C)C)NC(=O)[C@@H](NC(=O)[C@H](Cc1ccccc1C)NC(=O)[C@H](CCC(=O)O)NC(=O)[C@H](CC(=O)O)NC(=O)CCC(=O)O)C(C)(C)C. The van der Waals surface area contributed by atoms with Crippen molar-refractivity contribution in [3.05, 3.63) is 35.4 Å². The van der Waals surface area contributed by atoms with Crippen molar-refractivity contribution in [3.8, 4) is 0 Å². The van der Waals surface area contributed by atoms with Crippen molar-refractivity contribution in [2.24, 2.45) is 11.3 Å². The zero-order chi connectivity index (χ0) is 45.0. The molecule has 20 heteroatoms. The summed E-state index contributed by atoms with van der Waals surface area (Å²) in [6.45, 7) is 10.4. The molecule has 0 aliphatic rings. The van der Waals surface area contributed by atoms with Crippen molar-refractivity contribution in [2.75, 3.05) is 12.0 Å². The van der Waals surface area contributed by atoms with E-state index in [1.54, 1.807) is 58.2 Å². The summed E-state index contributed by atoms with van der Waals surface area (Å²) in [5, 5.41) is 42.6. The van der Waals surface area contributed by atoms with Crippen LogP contribution in [0.15, 0.2) is 24.3 Å². The van der Waals surface area contributed by atoms with Crippen molar-refractivity contribution in [3.63, 3.8) is 0 Å². The molecule has 0 fully saturated rings. The molecule has 0 saturated carbocycles. The number of hydrogen-bond acceptors (Lipinski definition) is 11. The molecule has 0 spiro atoms. The van der Waals surface area contributed by atoms with Gasteiger partial charge in [0.05, 0.1) is 18.9 Å². The van der Waals surface area contributed by atoms with Gasteiger partial charge in [0, 0.05) is 25.0 Å². The molecule has 0 heterocycles. The number of carbonyl (C=O) groups is 10. The fourth-order valence-corrected chi connectivity index (χ4v) is 6.20. The smallest absolute Gasteiger partial charge is 0.305 e. The summed E-state index contributed by atoms with van der Waals surface area (Å²) < 4.78 is 0. The van der Waals surface area contributed by atoms with Crippen molar-refractivity contribution < 1.29 is 63.3 Å². The van der Waals surface area contributed by atoms with Crippen molar-refractivity contribution in [1.82, 2.24) is 31.9 Å². The second-order valence-electron chi connectivity index (χ2n) is 15.5. The lowest BCUT2D eigenvalue weighted by Gasteiger charge is -2.33. The molecule has 6 atom stereocenters. The normalized spacial score (nSPS) is 14.2. The van der Waals surface area contributed by atoms with E-state index >= 15 is 0 Å². The highest BCUT2D eigenvalue weighted by molar-refractivity contribution is 7.98. The molecule has 0 unspecified atom stereocenters. The maximum Gasteiger partial charge on any atom is 0.305 e. The van der Waals surface area contributed by atoms with Crippen LogP contribution < -0.4 is 31.9 Å². The average molecular weight is 851 g/mol. The lowest BCUT2D eigenvalue weighted by molar-refractivity contribution is -0.142. The van der Waals surface area contributed by atoms with E-state index in [1.807, 2.05) is 13.8 Å². The van der Waals surface area contributed by atoms with Gasteiger partial charge in [0.2, 0.25) is 35.4 Å². The van der Waals surface area contributed by atoms with Gasteiger partial charge in [-0.1, -0.05) is 58.9 Å². The number of aldehydes is 1. The first kappa shape index (κ1) is 51.5. The van der Waals surface area contributed by atoms with Crippen molar-refractivity contribution in [2.45, 2.75) is 123 Å². The minimum Gasteiger partial charge on any atom is -0.481 e. The molecule has 19 nitrogen and oxygen atoms in total. The second-order valence-corrected chi connectivity index (χ2v) is 16.4. The average Bonchev–Trinajstić information content (AvgIpc) is 3.13.